The molecule has 4 aromatic carbocycles. The van der Waals surface area contributed by atoms with Crippen LogP contribution in [-0.2, 0) is 39.7 Å². The van der Waals surface area contributed by atoms with E-state index >= 15 is 0 Å². The number of aryl methyl sites for hydroxylation is 1. The Bertz CT molecular complexity index is 1660. The Kier molecular flexibility index (Phi) is 6.12. The number of fused-ring (bicyclic) bond motifs is 9. The number of aromatic nitrogens is 1. The first-order valence-corrected chi connectivity index (χ1v) is 14.9. The van der Waals surface area contributed by atoms with Gasteiger partial charge in [-0.05, 0) is 39.0 Å². The predicted octanol–water partition coefficient (Wildman–Crippen LogP) is -0.148. The molecule has 0 N–H and O–H groups in total. The molecule has 1 nitrogen and oxygen atoms in total. The van der Waals surface area contributed by atoms with Crippen LogP contribution in [0, 0.1) is 6.07 Å². The van der Waals surface area contributed by atoms with Gasteiger partial charge in [0.1, 0.15) is 0 Å². The summed E-state index contributed by atoms with van der Waals surface area (Å²) in [6.07, 6.45) is 1.02. The first kappa shape index (κ1) is 25.7. The summed E-state index contributed by atoms with van der Waals surface area (Å²) in [5, 5.41) is 4.55. The third-order valence-electron chi connectivity index (χ3n) is 8.49. The van der Waals surface area contributed by atoms with E-state index in [1.165, 1.54) is 55.5 Å². The van der Waals surface area contributed by atoms with E-state index < -0.39 is 8.07 Å². The van der Waals surface area contributed by atoms with Gasteiger partial charge in [-0.15, -0.1) is 21.8 Å². The average molecular weight is 601 g/mol. The second kappa shape index (κ2) is 8.57. The average Bonchev–Trinajstić information content (AvgIpc) is 3.17. The Hall–Kier alpha value is -1.90. The van der Waals surface area contributed by atoms with Crippen molar-refractivity contribution in [3.05, 3.63) is 107 Å². The van der Waals surface area contributed by atoms with E-state index in [1.54, 1.807) is 15.9 Å². The molecular formula is C31H24Cl2NSiZr. The van der Waals surface area contributed by atoms with Crippen LogP contribution in [-0.4, -0.2) is 12.6 Å². The Morgan fingerprint density at radius 1 is 0.806 bits per heavy atom. The topological polar surface area (TPSA) is 4.93 Å². The number of rotatable bonds is 1. The van der Waals surface area contributed by atoms with E-state index in [4.69, 9.17) is 0 Å². The molecule has 0 amide bonds. The molecule has 5 aromatic rings. The largest absolute Gasteiger partial charge is 3.00 e. The first-order chi connectivity index (χ1) is 16.1. The molecule has 0 bridgehead atoms. The zero-order chi connectivity index (χ0) is 22.1. The number of benzene rings is 4. The summed E-state index contributed by atoms with van der Waals surface area (Å²) in [7, 11) is 0.725. The number of hydrogen-bond donors (Lipinski definition) is 0. The monoisotopic (exact) mass is 598 g/mol. The van der Waals surface area contributed by atoms with Crippen LogP contribution in [0.5, 0.6) is 0 Å². The van der Waals surface area contributed by atoms with E-state index in [1.807, 2.05) is 0 Å². The van der Waals surface area contributed by atoms with Gasteiger partial charge in [0.25, 0.3) is 0 Å². The number of nitrogens with zero attached hydrogens (tertiary/aromatic N) is 1. The summed E-state index contributed by atoms with van der Waals surface area (Å²) in [5.74, 6) is 0.307. The number of halogens is 2. The summed E-state index contributed by atoms with van der Waals surface area (Å²) in [4.78, 5) is 0. The summed E-state index contributed by atoms with van der Waals surface area (Å²) < 4.78 is 2.52. The second-order valence-electron chi connectivity index (χ2n) is 10.5. The van der Waals surface area contributed by atoms with Crippen LogP contribution in [0.4, 0.5) is 0 Å². The third kappa shape index (κ3) is 3.04. The van der Waals surface area contributed by atoms with E-state index in [0.717, 1.165) is 6.42 Å². The predicted molar refractivity (Wildman–Crippen MR) is 140 cm³/mol. The van der Waals surface area contributed by atoms with Crippen LogP contribution < -0.4 is 35.2 Å². The molecule has 0 fully saturated rings. The smallest absolute Gasteiger partial charge is 1.00 e. The molecule has 2 heterocycles. The van der Waals surface area contributed by atoms with E-state index in [-0.39, 0.29) is 51.0 Å². The fourth-order valence-corrected chi connectivity index (χ4v) is 10.2. The van der Waals surface area contributed by atoms with Crippen LogP contribution in [0.25, 0.3) is 33.2 Å². The van der Waals surface area contributed by atoms with Crippen LogP contribution in [0.2, 0.25) is 13.1 Å². The summed E-state index contributed by atoms with van der Waals surface area (Å²) in [6, 6.07) is 31.1. The van der Waals surface area contributed by atoms with Gasteiger partial charge >= 0.3 is 26.2 Å². The summed E-state index contributed by atoms with van der Waals surface area (Å²) in [6.45, 7) is 5.02. The second-order valence-corrected chi connectivity index (χ2v) is 14.7. The van der Waals surface area contributed by atoms with Crippen molar-refractivity contribution in [2.45, 2.75) is 25.4 Å². The van der Waals surface area contributed by atoms with Gasteiger partial charge in [-0.2, -0.15) is 0 Å². The fraction of sp³-hybridized carbons (Fsp3) is 0.161. The minimum Gasteiger partial charge on any atom is -1.00 e. The van der Waals surface area contributed by atoms with E-state index in [2.05, 4.69) is 104 Å². The maximum Gasteiger partial charge on any atom is 3.00 e. The van der Waals surface area contributed by atoms with Gasteiger partial charge in [-0.1, -0.05) is 103 Å². The minimum absolute atomic E-state index is 0. The molecule has 0 spiro atoms. The van der Waals surface area contributed by atoms with Crippen molar-refractivity contribution in [3.63, 3.8) is 0 Å². The Balaban J connectivity index is 0.000000889. The third-order valence-corrected chi connectivity index (χ3v) is 11.6. The normalized spacial score (nSPS) is 15.0. The van der Waals surface area contributed by atoms with E-state index in [0.29, 0.717) is 5.92 Å². The van der Waals surface area contributed by atoms with Gasteiger partial charge in [-0.25, -0.2) is 0 Å². The SMILES string of the molecule is Cn1c2c(c3[c-]c4c(c(C5c6ccccc6-c6ccccc65)c31)[Si]4(C)C)-c1ccccc1C2.[Cl-].[Cl-].[Zr+3]. The first-order valence-electron chi connectivity index (χ1n) is 11.9. The van der Waals surface area contributed by atoms with Crippen molar-refractivity contribution in [2.24, 2.45) is 7.05 Å². The maximum atomic E-state index is 3.99. The molecular weight excluding hydrogens is 577 g/mol. The zero-order valence-electron chi connectivity index (χ0n) is 20.4. The van der Waals surface area contributed by atoms with Crippen molar-refractivity contribution in [1.82, 2.24) is 4.57 Å². The van der Waals surface area contributed by atoms with Gasteiger partial charge in [-0.3, -0.25) is 0 Å². The molecule has 1 radical (unpaired) electrons. The van der Waals surface area contributed by atoms with Crippen molar-refractivity contribution in [1.29, 1.82) is 0 Å². The van der Waals surface area contributed by atoms with Crippen molar-refractivity contribution in [2.75, 3.05) is 0 Å². The van der Waals surface area contributed by atoms with Gasteiger partial charge < -0.3 is 29.4 Å². The maximum absolute atomic E-state index is 3.99. The molecule has 175 valence electrons. The van der Waals surface area contributed by atoms with Gasteiger partial charge in [0.2, 0.25) is 0 Å². The molecule has 36 heavy (non-hydrogen) atoms. The molecule has 0 atom stereocenters. The summed E-state index contributed by atoms with van der Waals surface area (Å²) in [5.41, 5.74) is 14.5. The molecule has 3 aliphatic rings. The van der Waals surface area contributed by atoms with E-state index in [9.17, 15) is 0 Å². The van der Waals surface area contributed by atoms with Crippen molar-refractivity contribution >= 4 is 29.4 Å². The molecule has 2 aliphatic carbocycles. The molecule has 5 heteroatoms. The molecule has 8 rings (SSSR count). The Labute approximate surface area is 244 Å². The quantitative estimate of drug-likeness (QED) is 0.183. The van der Waals surface area contributed by atoms with Crippen molar-refractivity contribution in [3.8, 4) is 22.3 Å². The molecule has 0 saturated heterocycles. The molecule has 0 unspecified atom stereocenters. The standard InChI is InChI=1S/C31H24NSi.2ClH.Zr/c1-32-25-16-18-10-4-5-11-19(18)27(25)24-17-26-31(33(26,2)3)29(30(24)32)28-22-14-8-6-12-20(22)21-13-7-9-15-23(21)28;;;/h4-15,28H,16H2,1-3H3;2*1H;/q-1;;;+3/p-2. The molecule has 0 saturated carbocycles. The van der Waals surface area contributed by atoms with Gasteiger partial charge in [0, 0.05) is 27.5 Å². The van der Waals surface area contributed by atoms with Crippen molar-refractivity contribution < 1.29 is 51.0 Å². The van der Waals surface area contributed by atoms with Gasteiger partial charge in [0.05, 0.1) is 0 Å². The van der Waals surface area contributed by atoms with Crippen LogP contribution >= 0.6 is 0 Å². The van der Waals surface area contributed by atoms with Crippen LogP contribution in [0.1, 0.15) is 33.9 Å². The fourth-order valence-electron chi connectivity index (χ4n) is 6.92. The van der Waals surface area contributed by atoms with Crippen LogP contribution in [0.3, 0.4) is 0 Å². The minimum atomic E-state index is -1.57. The number of hydrogen-bond acceptors (Lipinski definition) is 0. The summed E-state index contributed by atoms with van der Waals surface area (Å²) >= 11 is 0. The molecule has 1 aromatic heterocycles. The Morgan fingerprint density at radius 3 is 2.00 bits per heavy atom. The Morgan fingerprint density at radius 2 is 1.36 bits per heavy atom. The molecule has 1 aliphatic heterocycles. The van der Waals surface area contributed by atoms with Crippen LogP contribution in [0.15, 0.2) is 72.8 Å². The zero-order valence-corrected chi connectivity index (χ0v) is 25.4. The van der Waals surface area contributed by atoms with Gasteiger partial charge in [0.15, 0.2) is 0 Å².